The van der Waals surface area contributed by atoms with E-state index < -0.39 is 12.3 Å². The Kier molecular flexibility index (Phi) is 2.60. The smallest absolute Gasteiger partial charge is 0.167 e. The third-order valence-electron chi connectivity index (χ3n) is 3.65. The third kappa shape index (κ3) is 1.54. The molecule has 0 unspecified atom stereocenters. The van der Waals surface area contributed by atoms with Gasteiger partial charge in [0.05, 0.1) is 12.9 Å². The van der Waals surface area contributed by atoms with E-state index in [1.165, 1.54) is 6.33 Å². The molecule has 0 aromatic carbocycles. The fraction of sp³-hybridized carbons (Fsp3) is 0.545. The molecule has 106 valence electrons. The maximum absolute atomic E-state index is 9.35. The summed E-state index contributed by atoms with van der Waals surface area (Å²) >= 11 is 0. The molecule has 9 heteroatoms. The summed E-state index contributed by atoms with van der Waals surface area (Å²) in [6.45, 7) is 0.0558. The van der Waals surface area contributed by atoms with Crippen LogP contribution < -0.4 is 5.73 Å². The molecule has 0 bridgehead atoms. The molecule has 2 fully saturated rings. The van der Waals surface area contributed by atoms with Crippen LogP contribution in [0.1, 0.15) is 6.23 Å². The third-order valence-corrected chi connectivity index (χ3v) is 3.65. The number of rotatable bonds is 2. The van der Waals surface area contributed by atoms with Gasteiger partial charge in [-0.15, -0.1) is 0 Å². The monoisotopic (exact) mass is 279 g/mol. The maximum atomic E-state index is 9.35. The Balaban J connectivity index is 1.78. The minimum Gasteiger partial charge on any atom is -0.394 e. The summed E-state index contributed by atoms with van der Waals surface area (Å²) in [4.78, 5) is 12.3. The van der Waals surface area contributed by atoms with Gasteiger partial charge in [-0.1, -0.05) is 0 Å². The molecular weight excluding hydrogens is 266 g/mol. The number of ether oxygens (including phenoxy) is 3. The van der Waals surface area contributed by atoms with Crippen molar-refractivity contribution in [2.45, 2.75) is 24.5 Å². The average molecular weight is 279 g/mol. The van der Waals surface area contributed by atoms with Crippen molar-refractivity contribution in [3.05, 3.63) is 12.7 Å². The second-order valence-electron chi connectivity index (χ2n) is 4.71. The van der Waals surface area contributed by atoms with Crippen molar-refractivity contribution in [2.24, 2.45) is 0 Å². The van der Waals surface area contributed by atoms with E-state index in [1.54, 1.807) is 10.9 Å². The van der Waals surface area contributed by atoms with Gasteiger partial charge < -0.3 is 25.1 Å². The van der Waals surface area contributed by atoms with Crippen LogP contribution in [0, 0.1) is 0 Å². The van der Waals surface area contributed by atoms with E-state index in [2.05, 4.69) is 15.0 Å². The first-order valence-electron chi connectivity index (χ1n) is 6.22. The van der Waals surface area contributed by atoms with Crippen molar-refractivity contribution in [3.8, 4) is 0 Å². The number of nitrogen functional groups attached to an aromatic ring is 1. The first-order chi connectivity index (χ1) is 9.79. The van der Waals surface area contributed by atoms with E-state index in [1.807, 2.05) is 0 Å². The van der Waals surface area contributed by atoms with Crippen LogP contribution >= 0.6 is 0 Å². The number of hydrogen-bond donors (Lipinski definition) is 2. The van der Waals surface area contributed by atoms with Crippen LogP contribution in [0.5, 0.6) is 0 Å². The Hall–Kier alpha value is -1.81. The lowest BCUT2D eigenvalue weighted by molar-refractivity contribution is -0.108. The number of aromatic nitrogens is 4. The van der Waals surface area contributed by atoms with E-state index in [0.717, 1.165) is 0 Å². The molecule has 9 nitrogen and oxygen atoms in total. The normalized spacial score (nSPS) is 32.9. The molecule has 20 heavy (non-hydrogen) atoms. The summed E-state index contributed by atoms with van der Waals surface area (Å²) in [5, 5.41) is 9.35. The van der Waals surface area contributed by atoms with Crippen LogP contribution in [-0.4, -0.2) is 56.3 Å². The second-order valence-corrected chi connectivity index (χ2v) is 4.71. The largest absolute Gasteiger partial charge is 0.394 e. The van der Waals surface area contributed by atoms with Gasteiger partial charge in [-0.3, -0.25) is 4.57 Å². The summed E-state index contributed by atoms with van der Waals surface area (Å²) in [7, 11) is 0. The Bertz CT molecular complexity index is 647. The minimum atomic E-state index is -0.459. The first-order valence-corrected chi connectivity index (χ1v) is 6.22. The lowest BCUT2D eigenvalue weighted by Gasteiger charge is -2.17. The van der Waals surface area contributed by atoms with Gasteiger partial charge in [-0.25, -0.2) is 15.0 Å². The van der Waals surface area contributed by atoms with Gasteiger partial charge >= 0.3 is 0 Å². The zero-order chi connectivity index (χ0) is 13.7. The van der Waals surface area contributed by atoms with Gasteiger partial charge in [0.15, 0.2) is 17.7 Å². The van der Waals surface area contributed by atoms with Crippen LogP contribution in [0.3, 0.4) is 0 Å². The van der Waals surface area contributed by atoms with E-state index >= 15 is 0 Å². The van der Waals surface area contributed by atoms with Crippen molar-refractivity contribution < 1.29 is 19.3 Å². The molecule has 0 spiro atoms. The Morgan fingerprint density at radius 1 is 1.30 bits per heavy atom. The summed E-state index contributed by atoms with van der Waals surface area (Å²) in [6.07, 6.45) is 1.47. The minimum absolute atomic E-state index is 0.134. The summed E-state index contributed by atoms with van der Waals surface area (Å²) in [5.41, 5.74) is 6.84. The van der Waals surface area contributed by atoms with Gasteiger partial charge in [-0.05, 0) is 0 Å². The van der Waals surface area contributed by atoms with Gasteiger partial charge in [-0.2, -0.15) is 0 Å². The highest BCUT2D eigenvalue weighted by Crippen LogP contribution is 2.38. The fourth-order valence-electron chi connectivity index (χ4n) is 2.71. The highest BCUT2D eigenvalue weighted by atomic mass is 16.7. The number of imidazole rings is 1. The van der Waals surface area contributed by atoms with Crippen LogP contribution in [0.25, 0.3) is 11.2 Å². The molecule has 2 saturated heterocycles. The van der Waals surface area contributed by atoms with Crippen molar-refractivity contribution in [1.82, 2.24) is 19.5 Å². The highest BCUT2D eigenvalue weighted by molar-refractivity contribution is 5.81. The number of nitrogens with two attached hydrogens (primary N) is 1. The van der Waals surface area contributed by atoms with Gasteiger partial charge in [0, 0.05) is 0 Å². The maximum Gasteiger partial charge on any atom is 0.167 e. The number of aliphatic hydroxyl groups excluding tert-OH is 1. The van der Waals surface area contributed by atoms with Crippen molar-refractivity contribution in [3.63, 3.8) is 0 Å². The van der Waals surface area contributed by atoms with Crippen LogP contribution in [0.15, 0.2) is 12.7 Å². The van der Waals surface area contributed by atoms with Crippen molar-refractivity contribution >= 4 is 17.0 Å². The van der Waals surface area contributed by atoms with Gasteiger partial charge in [0.1, 0.15) is 36.9 Å². The molecule has 4 heterocycles. The van der Waals surface area contributed by atoms with E-state index in [4.69, 9.17) is 19.9 Å². The molecule has 3 N–H and O–H groups in total. The lowest BCUT2D eigenvalue weighted by atomic mass is 10.1. The molecule has 2 aromatic heterocycles. The number of hydrogen-bond acceptors (Lipinski definition) is 8. The van der Waals surface area contributed by atoms with Crippen LogP contribution in [-0.2, 0) is 14.2 Å². The van der Waals surface area contributed by atoms with Crippen molar-refractivity contribution in [1.29, 1.82) is 0 Å². The molecule has 4 atom stereocenters. The second kappa shape index (κ2) is 4.35. The molecule has 0 radical (unpaired) electrons. The van der Waals surface area contributed by atoms with E-state index in [-0.39, 0.29) is 25.6 Å². The number of aliphatic hydroxyl groups is 1. The number of nitrogens with zero attached hydrogens (tertiary/aromatic N) is 4. The molecule has 4 rings (SSSR count). The molecule has 2 aliphatic rings. The average Bonchev–Trinajstić information content (AvgIpc) is 3.12. The Labute approximate surface area is 113 Å². The number of anilines is 1. The SMILES string of the molecule is Nc1ncnc2c1ncn2[C@@H]1O[C@H](CO)[C@H]2OCO[C@H]21. The Morgan fingerprint density at radius 3 is 3.00 bits per heavy atom. The van der Waals surface area contributed by atoms with Crippen LogP contribution in [0.2, 0.25) is 0 Å². The quantitative estimate of drug-likeness (QED) is 0.721. The highest BCUT2D eigenvalue weighted by Gasteiger charge is 2.50. The zero-order valence-corrected chi connectivity index (χ0v) is 10.4. The predicted molar refractivity (Wildman–Crippen MR) is 65.3 cm³/mol. The summed E-state index contributed by atoms with van der Waals surface area (Å²) in [6, 6.07) is 0. The molecule has 0 saturated carbocycles. The van der Waals surface area contributed by atoms with Crippen LogP contribution in [0.4, 0.5) is 5.82 Å². The predicted octanol–water partition coefficient (Wildman–Crippen LogP) is -0.960. The Morgan fingerprint density at radius 2 is 2.15 bits per heavy atom. The standard InChI is InChI=1S/C11H13N5O4/c12-9-6-10(14-2-13-9)16(3-15-6)11-8-7(18-4-19-8)5(1-17)20-11/h2-3,5,7-8,11,17H,1,4H2,(H2,12,13,14)/t5-,7-,8-,11-/m1/s1. The molecular formula is C11H13N5O4. The van der Waals surface area contributed by atoms with E-state index in [9.17, 15) is 5.11 Å². The zero-order valence-electron chi connectivity index (χ0n) is 10.4. The molecule has 2 aliphatic heterocycles. The van der Waals surface area contributed by atoms with E-state index in [0.29, 0.717) is 17.0 Å². The molecule has 0 aliphatic carbocycles. The first kappa shape index (κ1) is 12.0. The molecule has 2 aromatic rings. The summed E-state index contributed by atoms with van der Waals surface area (Å²) in [5.74, 6) is 0.311. The molecule has 0 amide bonds. The van der Waals surface area contributed by atoms with Gasteiger partial charge in [0.25, 0.3) is 0 Å². The number of fused-ring (bicyclic) bond motifs is 2. The summed E-state index contributed by atoms with van der Waals surface area (Å²) < 4.78 is 18.5. The lowest BCUT2D eigenvalue weighted by Crippen LogP contribution is -2.30. The topological polar surface area (TPSA) is 118 Å². The fourth-order valence-corrected chi connectivity index (χ4v) is 2.71. The van der Waals surface area contributed by atoms with Gasteiger partial charge in [0.2, 0.25) is 0 Å². The van der Waals surface area contributed by atoms with Crippen molar-refractivity contribution in [2.75, 3.05) is 19.1 Å².